The van der Waals surface area contributed by atoms with Crippen molar-refractivity contribution < 1.29 is 9.52 Å². The third-order valence-corrected chi connectivity index (χ3v) is 2.84. The smallest absolute Gasteiger partial charge is 0.254 e. The number of likely N-dealkylation sites (N-methyl/N-ethyl adjacent to an activating group) is 1. The van der Waals surface area contributed by atoms with Crippen LogP contribution in [0.1, 0.15) is 10.4 Å². The van der Waals surface area contributed by atoms with Crippen molar-refractivity contribution in [2.24, 2.45) is 0 Å². The van der Waals surface area contributed by atoms with Crippen LogP contribution in [0.5, 0.6) is 0 Å². The normalized spacial score (nSPS) is 17.4. The van der Waals surface area contributed by atoms with E-state index in [1.54, 1.807) is 12.1 Å². The molecule has 86 valence electrons. The van der Waals surface area contributed by atoms with Crippen molar-refractivity contribution in [3.63, 3.8) is 0 Å². The Balaban J connectivity index is 2.05. The molecular formula is C11H15N3O2. The van der Waals surface area contributed by atoms with Crippen molar-refractivity contribution in [1.29, 1.82) is 0 Å². The maximum absolute atomic E-state index is 12.0. The lowest BCUT2D eigenvalue weighted by Crippen LogP contribution is -2.47. The molecule has 0 aromatic carbocycles. The highest BCUT2D eigenvalue weighted by atomic mass is 16.5. The number of amides is 1. The van der Waals surface area contributed by atoms with Gasteiger partial charge in [-0.2, -0.15) is 4.73 Å². The van der Waals surface area contributed by atoms with E-state index in [-0.39, 0.29) is 5.91 Å². The monoisotopic (exact) mass is 221 g/mol. The molecule has 0 radical (unpaired) electrons. The minimum atomic E-state index is 0.00806. The first-order chi connectivity index (χ1) is 7.66. The first-order valence-electron chi connectivity index (χ1n) is 5.33. The van der Waals surface area contributed by atoms with Gasteiger partial charge in [-0.25, -0.2) is 0 Å². The van der Waals surface area contributed by atoms with Crippen LogP contribution >= 0.6 is 0 Å². The van der Waals surface area contributed by atoms with Gasteiger partial charge in [-0.05, 0) is 7.05 Å². The van der Waals surface area contributed by atoms with Gasteiger partial charge in [0.15, 0.2) is 12.4 Å². The molecule has 5 nitrogen and oxygen atoms in total. The van der Waals surface area contributed by atoms with Crippen LogP contribution in [0.4, 0.5) is 0 Å². The maximum Gasteiger partial charge on any atom is 0.254 e. The van der Waals surface area contributed by atoms with E-state index in [1.807, 2.05) is 11.9 Å². The Hall–Kier alpha value is -1.62. The van der Waals surface area contributed by atoms with Gasteiger partial charge in [-0.15, -0.1) is 0 Å². The number of rotatable bonds is 1. The van der Waals surface area contributed by atoms with E-state index in [4.69, 9.17) is 0 Å². The fourth-order valence-corrected chi connectivity index (χ4v) is 1.75. The molecule has 0 atom stereocenters. The predicted octanol–water partition coefficient (Wildman–Crippen LogP) is -0.292. The van der Waals surface area contributed by atoms with Crippen molar-refractivity contribution >= 4 is 5.91 Å². The van der Waals surface area contributed by atoms with E-state index in [9.17, 15) is 10.0 Å². The Morgan fingerprint density at radius 3 is 2.38 bits per heavy atom. The summed E-state index contributed by atoms with van der Waals surface area (Å²) in [6, 6.07) is 3.13. The fraction of sp³-hybridized carbons (Fsp3) is 0.455. The van der Waals surface area contributed by atoms with Crippen molar-refractivity contribution in [1.82, 2.24) is 9.80 Å². The molecule has 0 N–H and O–H groups in total. The van der Waals surface area contributed by atoms with E-state index < -0.39 is 0 Å². The van der Waals surface area contributed by atoms with Gasteiger partial charge in [0.2, 0.25) is 0 Å². The van der Waals surface area contributed by atoms with E-state index >= 15 is 0 Å². The average Bonchev–Trinajstić information content (AvgIpc) is 2.30. The van der Waals surface area contributed by atoms with Crippen molar-refractivity contribution in [3.8, 4) is 0 Å². The minimum absolute atomic E-state index is 0.00806. The summed E-state index contributed by atoms with van der Waals surface area (Å²) in [5, 5.41) is 10.8. The van der Waals surface area contributed by atoms with Gasteiger partial charge >= 0.3 is 0 Å². The molecule has 1 aliphatic heterocycles. The Morgan fingerprint density at radius 2 is 1.81 bits per heavy atom. The molecule has 16 heavy (non-hydrogen) atoms. The summed E-state index contributed by atoms with van der Waals surface area (Å²) in [5.41, 5.74) is 0.580. The largest absolute Gasteiger partial charge is 0.619 e. The maximum atomic E-state index is 12.0. The first-order valence-corrected chi connectivity index (χ1v) is 5.33. The number of hydrogen-bond acceptors (Lipinski definition) is 3. The molecule has 5 heteroatoms. The Kier molecular flexibility index (Phi) is 3.05. The third-order valence-electron chi connectivity index (χ3n) is 2.84. The predicted molar refractivity (Wildman–Crippen MR) is 58.8 cm³/mol. The molecule has 1 aromatic heterocycles. The Labute approximate surface area is 94.5 Å². The number of nitrogens with zero attached hydrogens (tertiary/aromatic N) is 3. The Morgan fingerprint density at radius 1 is 1.25 bits per heavy atom. The van der Waals surface area contributed by atoms with Crippen molar-refractivity contribution in [2.45, 2.75) is 0 Å². The van der Waals surface area contributed by atoms with Gasteiger partial charge in [-0.3, -0.25) is 4.79 Å². The first kappa shape index (κ1) is 10.9. The van der Waals surface area contributed by atoms with Crippen LogP contribution in [0.25, 0.3) is 0 Å². The van der Waals surface area contributed by atoms with Crippen LogP contribution in [0, 0.1) is 5.21 Å². The summed E-state index contributed by atoms with van der Waals surface area (Å²) in [6.45, 7) is 3.31. The molecule has 2 heterocycles. The topological polar surface area (TPSA) is 50.5 Å². The Bertz CT molecular complexity index is 369. The van der Waals surface area contributed by atoms with E-state index in [1.165, 1.54) is 12.4 Å². The molecule has 1 aliphatic rings. The molecule has 2 rings (SSSR count). The van der Waals surface area contributed by atoms with Gasteiger partial charge in [-0.1, -0.05) is 0 Å². The molecular weight excluding hydrogens is 206 g/mol. The van der Waals surface area contributed by atoms with Gasteiger partial charge in [0.05, 0.1) is 5.56 Å². The minimum Gasteiger partial charge on any atom is -0.619 e. The molecule has 1 amide bonds. The lowest BCUT2D eigenvalue weighted by Gasteiger charge is -2.32. The quantitative estimate of drug-likeness (QED) is 0.483. The van der Waals surface area contributed by atoms with Crippen LogP contribution in [0.15, 0.2) is 24.5 Å². The molecule has 0 saturated carbocycles. The lowest BCUT2D eigenvalue weighted by atomic mass is 10.2. The fourth-order valence-electron chi connectivity index (χ4n) is 1.75. The van der Waals surface area contributed by atoms with Crippen LogP contribution in [-0.2, 0) is 0 Å². The van der Waals surface area contributed by atoms with E-state index in [2.05, 4.69) is 4.90 Å². The second-order valence-electron chi connectivity index (χ2n) is 4.04. The highest BCUT2D eigenvalue weighted by Crippen LogP contribution is 2.06. The average molecular weight is 221 g/mol. The van der Waals surface area contributed by atoms with E-state index in [0.717, 1.165) is 26.2 Å². The zero-order chi connectivity index (χ0) is 11.5. The summed E-state index contributed by atoms with van der Waals surface area (Å²) >= 11 is 0. The number of piperazine rings is 1. The summed E-state index contributed by atoms with van der Waals surface area (Å²) < 4.78 is 0.681. The van der Waals surface area contributed by atoms with Crippen LogP contribution < -0.4 is 4.73 Å². The second-order valence-corrected chi connectivity index (χ2v) is 4.04. The highest BCUT2D eigenvalue weighted by Gasteiger charge is 2.20. The number of aromatic nitrogens is 1. The van der Waals surface area contributed by atoms with Crippen LogP contribution in [-0.4, -0.2) is 48.9 Å². The van der Waals surface area contributed by atoms with Gasteiger partial charge in [0.1, 0.15) is 0 Å². The molecule has 0 aliphatic carbocycles. The SMILES string of the molecule is CN1CCN(C(=O)c2cc[n+]([O-])cc2)CC1. The third kappa shape index (κ3) is 2.30. The van der Waals surface area contributed by atoms with Gasteiger partial charge in [0.25, 0.3) is 5.91 Å². The summed E-state index contributed by atoms with van der Waals surface area (Å²) in [4.78, 5) is 16.0. The summed E-state index contributed by atoms with van der Waals surface area (Å²) in [7, 11) is 2.05. The highest BCUT2D eigenvalue weighted by molar-refractivity contribution is 5.94. The summed E-state index contributed by atoms with van der Waals surface area (Å²) in [6.07, 6.45) is 2.70. The molecule has 1 aromatic rings. The number of hydrogen-bond donors (Lipinski definition) is 0. The summed E-state index contributed by atoms with van der Waals surface area (Å²) in [5.74, 6) is 0.00806. The molecule has 1 saturated heterocycles. The second kappa shape index (κ2) is 4.49. The van der Waals surface area contributed by atoms with Gasteiger partial charge < -0.3 is 15.0 Å². The zero-order valence-corrected chi connectivity index (χ0v) is 9.30. The van der Waals surface area contributed by atoms with Crippen molar-refractivity contribution in [3.05, 3.63) is 35.3 Å². The standard InChI is InChI=1S/C11H15N3O2/c1-12-6-8-13(9-7-12)11(15)10-2-4-14(16)5-3-10/h2-5H,6-9H2,1H3. The van der Waals surface area contributed by atoms with Gasteiger partial charge in [0, 0.05) is 38.3 Å². The van der Waals surface area contributed by atoms with Crippen LogP contribution in [0.2, 0.25) is 0 Å². The number of carbonyl (C=O) groups is 1. The molecule has 0 spiro atoms. The van der Waals surface area contributed by atoms with Crippen LogP contribution in [0.3, 0.4) is 0 Å². The van der Waals surface area contributed by atoms with Crippen molar-refractivity contribution in [2.75, 3.05) is 33.2 Å². The molecule has 0 bridgehead atoms. The molecule has 1 fully saturated rings. The lowest BCUT2D eigenvalue weighted by molar-refractivity contribution is -0.605. The number of pyridine rings is 1. The number of carbonyl (C=O) groups excluding carboxylic acids is 1. The molecule has 0 unspecified atom stereocenters. The zero-order valence-electron chi connectivity index (χ0n) is 9.30. The van der Waals surface area contributed by atoms with E-state index in [0.29, 0.717) is 10.3 Å².